The van der Waals surface area contributed by atoms with Crippen molar-refractivity contribution in [2.24, 2.45) is 17.3 Å². The van der Waals surface area contributed by atoms with E-state index in [1.54, 1.807) is 20.8 Å². The highest BCUT2D eigenvalue weighted by atomic mass is 16.6. The van der Waals surface area contributed by atoms with E-state index in [1.165, 1.54) is 0 Å². The number of nitrogens with one attached hydrogen (secondary N) is 3. The molecule has 0 aromatic heterocycles. The van der Waals surface area contributed by atoms with E-state index in [0.717, 1.165) is 6.42 Å². The van der Waals surface area contributed by atoms with Crippen molar-refractivity contribution in [3.8, 4) is 0 Å². The van der Waals surface area contributed by atoms with Gasteiger partial charge < -0.3 is 10.1 Å². The van der Waals surface area contributed by atoms with Crippen LogP contribution in [0, 0.1) is 22.7 Å². The zero-order valence-corrected chi connectivity index (χ0v) is 12.3. The van der Waals surface area contributed by atoms with Crippen LogP contribution >= 0.6 is 0 Å². The predicted octanol–water partition coefficient (Wildman–Crippen LogP) is 2.13. The Hall–Kier alpha value is -1.30. The zero-order chi connectivity index (χ0) is 14.8. The molecule has 4 N–H and O–H groups in total. The summed E-state index contributed by atoms with van der Waals surface area (Å²) in [5.41, 5.74) is 0.889. The molecule has 0 spiro atoms. The molecule has 1 rings (SSSR count). The molecule has 0 bridgehead atoms. The second-order valence-electron chi connectivity index (χ2n) is 6.55. The minimum atomic E-state index is -0.541. The molecule has 2 unspecified atom stereocenters. The second kappa shape index (κ2) is 5.36. The smallest absolute Gasteiger partial charge is 0.407 e. The standard InChI is InChI=1S/C13H25N3O3/c1-8(2)9-6-13(9,10(14)16-18)7-15-11(17)19-12(3,4)5/h8-9,18H,6-7H2,1-5H3,(H2,14,16)(H,15,17). The van der Waals surface area contributed by atoms with Gasteiger partial charge in [0.1, 0.15) is 11.4 Å². The summed E-state index contributed by atoms with van der Waals surface area (Å²) >= 11 is 0. The molecule has 110 valence electrons. The number of carbonyl (C=O) groups is 1. The van der Waals surface area contributed by atoms with Gasteiger partial charge in [0.05, 0.1) is 5.41 Å². The average molecular weight is 271 g/mol. The van der Waals surface area contributed by atoms with Gasteiger partial charge in [0.25, 0.3) is 0 Å². The van der Waals surface area contributed by atoms with Crippen LogP contribution in [0.4, 0.5) is 4.79 Å². The van der Waals surface area contributed by atoms with Gasteiger partial charge in [-0.25, -0.2) is 4.79 Å². The van der Waals surface area contributed by atoms with Crippen LogP contribution in [0.3, 0.4) is 0 Å². The molecular weight excluding hydrogens is 246 g/mol. The van der Waals surface area contributed by atoms with Gasteiger partial charge in [-0.1, -0.05) is 13.8 Å². The summed E-state index contributed by atoms with van der Waals surface area (Å²) in [6, 6.07) is 0. The first-order valence-electron chi connectivity index (χ1n) is 6.58. The fourth-order valence-electron chi connectivity index (χ4n) is 2.44. The molecule has 0 saturated heterocycles. The lowest BCUT2D eigenvalue weighted by Gasteiger charge is -2.23. The zero-order valence-electron chi connectivity index (χ0n) is 12.3. The highest BCUT2D eigenvalue weighted by Crippen LogP contribution is 2.56. The van der Waals surface area contributed by atoms with Gasteiger partial charge in [-0.3, -0.25) is 16.1 Å². The third-order valence-corrected chi connectivity index (χ3v) is 3.50. The van der Waals surface area contributed by atoms with Crippen molar-refractivity contribution in [3.05, 3.63) is 0 Å². The Morgan fingerprint density at radius 1 is 1.53 bits per heavy atom. The first kappa shape index (κ1) is 15.8. The molecule has 1 aliphatic carbocycles. The van der Waals surface area contributed by atoms with E-state index in [9.17, 15) is 4.79 Å². The van der Waals surface area contributed by atoms with E-state index in [1.807, 2.05) is 5.48 Å². The molecule has 1 saturated carbocycles. The maximum Gasteiger partial charge on any atom is 0.407 e. The SMILES string of the molecule is CC(C)C1CC1(CNC(=O)OC(C)(C)C)C(=N)NO. The van der Waals surface area contributed by atoms with Crippen LogP contribution in [0.5, 0.6) is 0 Å². The Morgan fingerprint density at radius 3 is 2.47 bits per heavy atom. The van der Waals surface area contributed by atoms with Crippen LogP contribution < -0.4 is 10.8 Å². The van der Waals surface area contributed by atoms with Gasteiger partial charge in [0.15, 0.2) is 0 Å². The number of rotatable bonds is 4. The van der Waals surface area contributed by atoms with Gasteiger partial charge in [-0.15, -0.1) is 0 Å². The summed E-state index contributed by atoms with van der Waals surface area (Å²) < 4.78 is 5.17. The van der Waals surface area contributed by atoms with Gasteiger partial charge in [0.2, 0.25) is 0 Å². The van der Waals surface area contributed by atoms with E-state index >= 15 is 0 Å². The second-order valence-corrected chi connectivity index (χ2v) is 6.55. The topological polar surface area (TPSA) is 94.4 Å². The van der Waals surface area contributed by atoms with E-state index < -0.39 is 17.1 Å². The Bertz CT molecular complexity index is 363. The maximum absolute atomic E-state index is 11.6. The lowest BCUT2D eigenvalue weighted by Crippen LogP contribution is -2.42. The molecule has 1 fully saturated rings. The molecule has 19 heavy (non-hydrogen) atoms. The minimum absolute atomic E-state index is 0.0576. The Morgan fingerprint density at radius 2 is 2.11 bits per heavy atom. The molecule has 6 heteroatoms. The van der Waals surface area contributed by atoms with Crippen molar-refractivity contribution in [3.63, 3.8) is 0 Å². The molecule has 0 radical (unpaired) electrons. The Kier molecular flexibility index (Phi) is 4.45. The monoisotopic (exact) mass is 271 g/mol. The van der Waals surface area contributed by atoms with Crippen LogP contribution in [0.1, 0.15) is 41.0 Å². The normalized spacial score (nSPS) is 25.9. The number of ether oxygens (including phenoxy) is 1. The van der Waals surface area contributed by atoms with Crippen molar-refractivity contribution >= 4 is 11.9 Å². The lowest BCUT2D eigenvalue weighted by atomic mass is 9.96. The van der Waals surface area contributed by atoms with Crippen LogP contribution in [-0.2, 0) is 4.74 Å². The summed E-state index contributed by atoms with van der Waals surface area (Å²) in [6.07, 6.45) is 0.291. The molecule has 2 atom stereocenters. The van der Waals surface area contributed by atoms with Gasteiger partial charge in [-0.05, 0) is 39.0 Å². The molecule has 6 nitrogen and oxygen atoms in total. The summed E-state index contributed by atoms with van der Waals surface area (Å²) in [5.74, 6) is 0.742. The first-order chi connectivity index (χ1) is 8.62. The lowest BCUT2D eigenvalue weighted by molar-refractivity contribution is 0.0518. The van der Waals surface area contributed by atoms with Crippen LogP contribution in [0.2, 0.25) is 0 Å². The number of hydrogen-bond acceptors (Lipinski definition) is 4. The molecular formula is C13H25N3O3. The van der Waals surface area contributed by atoms with Crippen molar-refractivity contribution in [1.82, 2.24) is 10.8 Å². The average Bonchev–Trinajstić information content (AvgIpc) is 2.99. The number of carbonyl (C=O) groups excluding carboxylic acids is 1. The number of hydrogen-bond donors (Lipinski definition) is 4. The highest BCUT2D eigenvalue weighted by molar-refractivity contribution is 5.88. The van der Waals surface area contributed by atoms with Crippen LogP contribution in [0.15, 0.2) is 0 Å². The molecule has 1 amide bonds. The molecule has 1 aliphatic rings. The van der Waals surface area contributed by atoms with Crippen molar-refractivity contribution < 1.29 is 14.7 Å². The molecule has 0 aromatic rings. The first-order valence-corrected chi connectivity index (χ1v) is 6.58. The molecule has 0 heterocycles. The largest absolute Gasteiger partial charge is 0.444 e. The molecule has 0 aromatic carbocycles. The van der Waals surface area contributed by atoms with E-state index in [-0.39, 0.29) is 11.8 Å². The summed E-state index contributed by atoms with van der Waals surface area (Å²) in [5, 5.41) is 19.4. The Labute approximate surface area is 114 Å². The fraction of sp³-hybridized carbons (Fsp3) is 0.846. The Balaban J connectivity index is 2.58. The summed E-state index contributed by atoms with van der Waals surface area (Å²) in [4.78, 5) is 11.6. The quantitative estimate of drug-likeness (QED) is 0.358. The number of hydroxylamine groups is 1. The van der Waals surface area contributed by atoms with Gasteiger partial charge in [0, 0.05) is 6.54 Å². The number of alkyl carbamates (subject to hydrolysis) is 1. The maximum atomic E-state index is 11.6. The fourth-order valence-corrected chi connectivity index (χ4v) is 2.44. The summed E-state index contributed by atoms with van der Waals surface area (Å²) in [7, 11) is 0. The third kappa shape index (κ3) is 3.83. The number of amides is 1. The van der Waals surface area contributed by atoms with Crippen molar-refractivity contribution in [1.29, 1.82) is 5.41 Å². The van der Waals surface area contributed by atoms with E-state index in [0.29, 0.717) is 12.5 Å². The predicted molar refractivity (Wildman–Crippen MR) is 72.3 cm³/mol. The summed E-state index contributed by atoms with van der Waals surface area (Å²) in [6.45, 7) is 9.85. The van der Waals surface area contributed by atoms with Crippen LogP contribution in [0.25, 0.3) is 0 Å². The van der Waals surface area contributed by atoms with Crippen LogP contribution in [-0.4, -0.2) is 29.3 Å². The van der Waals surface area contributed by atoms with Gasteiger partial charge >= 0.3 is 6.09 Å². The van der Waals surface area contributed by atoms with Crippen molar-refractivity contribution in [2.45, 2.75) is 46.6 Å². The van der Waals surface area contributed by atoms with Crippen molar-refractivity contribution in [2.75, 3.05) is 6.54 Å². The molecule has 0 aliphatic heterocycles. The minimum Gasteiger partial charge on any atom is -0.444 e. The highest BCUT2D eigenvalue weighted by Gasteiger charge is 2.58. The van der Waals surface area contributed by atoms with E-state index in [2.05, 4.69) is 19.2 Å². The number of amidine groups is 1. The van der Waals surface area contributed by atoms with E-state index in [4.69, 9.17) is 15.4 Å². The third-order valence-electron chi connectivity index (χ3n) is 3.50. The van der Waals surface area contributed by atoms with Gasteiger partial charge in [-0.2, -0.15) is 0 Å².